The molecule has 21 heavy (non-hydrogen) atoms. The Hall–Kier alpha value is -2.54. The van der Waals surface area contributed by atoms with Crippen LogP contribution in [0.2, 0.25) is 0 Å². The van der Waals surface area contributed by atoms with Crippen molar-refractivity contribution in [2.24, 2.45) is 0 Å². The lowest BCUT2D eigenvalue weighted by Crippen LogP contribution is -2.15. The minimum absolute atomic E-state index is 0.157. The first-order chi connectivity index (χ1) is 10.1. The Labute approximate surface area is 128 Å². The summed E-state index contributed by atoms with van der Waals surface area (Å²) in [6.07, 6.45) is 4.42. The molecule has 0 radical (unpaired) electrons. The number of hydrogen-bond acceptors (Lipinski definition) is 5. The van der Waals surface area contributed by atoms with Crippen molar-refractivity contribution in [2.75, 3.05) is 11.1 Å². The van der Waals surface area contributed by atoms with Gasteiger partial charge in [0.05, 0.1) is 23.6 Å². The van der Waals surface area contributed by atoms with Gasteiger partial charge in [-0.25, -0.2) is 4.98 Å². The minimum Gasteiger partial charge on any atom is -0.382 e. The number of nitrogens with one attached hydrogen (secondary N) is 1. The van der Waals surface area contributed by atoms with E-state index in [4.69, 9.17) is 5.73 Å². The van der Waals surface area contributed by atoms with E-state index in [1.165, 1.54) is 12.4 Å². The Bertz CT molecular complexity index is 836. The first kappa shape index (κ1) is 13.4. The summed E-state index contributed by atoms with van der Waals surface area (Å²) in [5.74, 6) is -0.186. The second-order valence-electron chi connectivity index (χ2n) is 4.31. The molecule has 104 valence electrons. The predicted octanol–water partition coefficient (Wildman–Crippen LogP) is 2.62. The third-order valence-corrected chi connectivity index (χ3v) is 3.25. The number of carbonyl (C=O) groups excluding carboxylic acids is 1. The molecule has 0 fully saturated rings. The molecule has 3 N–H and O–H groups in total. The molecule has 0 saturated carbocycles. The van der Waals surface area contributed by atoms with Gasteiger partial charge in [-0.1, -0.05) is 12.1 Å². The second kappa shape index (κ2) is 5.45. The first-order valence-corrected chi connectivity index (χ1v) is 6.86. The van der Waals surface area contributed by atoms with Crippen LogP contribution in [-0.4, -0.2) is 20.9 Å². The third-order valence-electron chi connectivity index (χ3n) is 2.81. The zero-order valence-electron chi connectivity index (χ0n) is 10.7. The van der Waals surface area contributed by atoms with Gasteiger partial charge < -0.3 is 11.1 Å². The molecule has 6 nitrogen and oxygen atoms in total. The van der Waals surface area contributed by atoms with Crippen LogP contribution in [0.4, 0.5) is 11.5 Å². The monoisotopic (exact) mass is 343 g/mol. The van der Waals surface area contributed by atoms with Gasteiger partial charge in [0.15, 0.2) is 0 Å². The molecular weight excluding hydrogens is 334 g/mol. The van der Waals surface area contributed by atoms with E-state index in [0.29, 0.717) is 11.2 Å². The molecule has 1 aromatic carbocycles. The molecule has 3 aromatic rings. The number of rotatable bonds is 2. The number of nitrogens with two attached hydrogens (primary N) is 1. The molecule has 0 bridgehead atoms. The zero-order valence-corrected chi connectivity index (χ0v) is 12.3. The van der Waals surface area contributed by atoms with Gasteiger partial charge in [-0.2, -0.15) is 0 Å². The molecular formula is C14H10BrN5O. The van der Waals surface area contributed by atoms with Crippen LogP contribution in [0.5, 0.6) is 0 Å². The zero-order chi connectivity index (χ0) is 14.8. The molecule has 0 aliphatic rings. The highest BCUT2D eigenvalue weighted by molar-refractivity contribution is 9.10. The first-order valence-electron chi connectivity index (χ1n) is 6.06. The maximum Gasteiger partial charge on any atom is 0.276 e. The average molecular weight is 344 g/mol. The maximum atomic E-state index is 12.2. The predicted molar refractivity (Wildman–Crippen MR) is 83.8 cm³/mol. The molecule has 0 atom stereocenters. The van der Waals surface area contributed by atoms with Crippen LogP contribution >= 0.6 is 15.9 Å². The Morgan fingerprint density at radius 2 is 2.10 bits per heavy atom. The fraction of sp³-hybridized carbons (Fsp3) is 0. The normalized spacial score (nSPS) is 10.5. The summed E-state index contributed by atoms with van der Waals surface area (Å²) < 4.78 is 0.875. The lowest BCUT2D eigenvalue weighted by atomic mass is 10.2. The lowest BCUT2D eigenvalue weighted by Gasteiger charge is -2.08. The van der Waals surface area contributed by atoms with Gasteiger partial charge in [-0.05, 0) is 28.1 Å². The largest absolute Gasteiger partial charge is 0.382 e. The van der Waals surface area contributed by atoms with Crippen molar-refractivity contribution in [2.45, 2.75) is 0 Å². The van der Waals surface area contributed by atoms with Crippen LogP contribution < -0.4 is 11.1 Å². The molecule has 2 aromatic heterocycles. The Morgan fingerprint density at radius 3 is 2.90 bits per heavy atom. The number of para-hydroxylation sites is 1. The number of carbonyl (C=O) groups is 1. The van der Waals surface area contributed by atoms with E-state index in [9.17, 15) is 4.79 Å². The Morgan fingerprint density at radius 1 is 1.24 bits per heavy atom. The number of fused-ring (bicyclic) bond motifs is 1. The number of nitrogen functional groups attached to an aromatic ring is 1. The van der Waals surface area contributed by atoms with Gasteiger partial charge in [-0.3, -0.25) is 14.8 Å². The van der Waals surface area contributed by atoms with E-state index in [1.54, 1.807) is 12.3 Å². The Kier molecular flexibility index (Phi) is 3.49. The van der Waals surface area contributed by atoms with Gasteiger partial charge in [0.2, 0.25) is 0 Å². The number of benzene rings is 1. The summed E-state index contributed by atoms with van der Waals surface area (Å²) >= 11 is 3.37. The van der Waals surface area contributed by atoms with Crippen molar-refractivity contribution in [3.05, 3.63) is 53.0 Å². The van der Waals surface area contributed by atoms with Crippen LogP contribution in [0.1, 0.15) is 10.5 Å². The van der Waals surface area contributed by atoms with Crippen LogP contribution in [-0.2, 0) is 0 Å². The molecule has 0 aliphatic carbocycles. The molecule has 1 amide bonds. The summed E-state index contributed by atoms with van der Waals surface area (Å²) in [6, 6.07) is 7.47. The van der Waals surface area contributed by atoms with Crippen molar-refractivity contribution in [3.63, 3.8) is 0 Å². The van der Waals surface area contributed by atoms with Crippen LogP contribution in [0, 0.1) is 0 Å². The summed E-state index contributed by atoms with van der Waals surface area (Å²) in [7, 11) is 0. The maximum absolute atomic E-state index is 12.2. The molecule has 0 unspecified atom stereocenters. The van der Waals surface area contributed by atoms with Gasteiger partial charge in [0, 0.05) is 16.1 Å². The topological polar surface area (TPSA) is 93.8 Å². The van der Waals surface area contributed by atoms with Gasteiger partial charge in [0.25, 0.3) is 5.91 Å². The number of aromatic nitrogens is 3. The van der Waals surface area contributed by atoms with Crippen LogP contribution in [0.25, 0.3) is 10.9 Å². The van der Waals surface area contributed by atoms with E-state index < -0.39 is 0 Å². The highest BCUT2D eigenvalue weighted by atomic mass is 79.9. The fourth-order valence-corrected chi connectivity index (χ4v) is 2.26. The van der Waals surface area contributed by atoms with E-state index in [2.05, 4.69) is 36.2 Å². The van der Waals surface area contributed by atoms with E-state index in [0.717, 1.165) is 9.86 Å². The average Bonchev–Trinajstić information content (AvgIpc) is 2.47. The SMILES string of the molecule is Nc1cncc(C(=O)Nc2cccc3cc(Br)cnc23)n1. The van der Waals surface area contributed by atoms with E-state index >= 15 is 0 Å². The number of nitrogens with zero attached hydrogens (tertiary/aromatic N) is 3. The highest BCUT2D eigenvalue weighted by Gasteiger charge is 2.11. The van der Waals surface area contributed by atoms with Crippen molar-refractivity contribution in [1.82, 2.24) is 15.0 Å². The standard InChI is InChI=1S/C14H10BrN5O/c15-9-4-8-2-1-3-10(13(8)18-5-9)20-14(21)11-6-17-7-12(16)19-11/h1-7H,(H2,16,19)(H,20,21). The molecule has 2 heterocycles. The van der Waals surface area contributed by atoms with Crippen molar-refractivity contribution in [1.29, 1.82) is 0 Å². The van der Waals surface area contributed by atoms with Crippen LogP contribution in [0.15, 0.2) is 47.3 Å². The quantitative estimate of drug-likeness (QED) is 0.745. The van der Waals surface area contributed by atoms with Gasteiger partial charge >= 0.3 is 0 Å². The van der Waals surface area contributed by atoms with Crippen LogP contribution in [0.3, 0.4) is 0 Å². The summed E-state index contributed by atoms with van der Waals surface area (Å²) in [4.78, 5) is 24.3. The van der Waals surface area contributed by atoms with Gasteiger partial charge in [-0.15, -0.1) is 0 Å². The third kappa shape index (κ3) is 2.82. The smallest absolute Gasteiger partial charge is 0.276 e. The summed E-state index contributed by atoms with van der Waals surface area (Å²) in [6.45, 7) is 0. The fourth-order valence-electron chi connectivity index (χ4n) is 1.91. The number of halogens is 1. The minimum atomic E-state index is -0.382. The van der Waals surface area contributed by atoms with E-state index in [-0.39, 0.29) is 17.4 Å². The van der Waals surface area contributed by atoms with Gasteiger partial charge in [0.1, 0.15) is 11.5 Å². The molecule has 3 rings (SSSR count). The number of amides is 1. The number of hydrogen-bond donors (Lipinski definition) is 2. The lowest BCUT2D eigenvalue weighted by molar-refractivity contribution is 0.102. The number of pyridine rings is 1. The summed E-state index contributed by atoms with van der Waals surface area (Å²) in [5.41, 5.74) is 6.99. The highest BCUT2D eigenvalue weighted by Crippen LogP contribution is 2.24. The van der Waals surface area contributed by atoms with Crippen molar-refractivity contribution in [3.8, 4) is 0 Å². The number of anilines is 2. The van der Waals surface area contributed by atoms with Crippen molar-refractivity contribution < 1.29 is 4.79 Å². The molecule has 0 spiro atoms. The van der Waals surface area contributed by atoms with E-state index in [1.807, 2.05) is 18.2 Å². The molecule has 0 aliphatic heterocycles. The molecule has 0 saturated heterocycles. The molecule has 7 heteroatoms. The summed E-state index contributed by atoms with van der Waals surface area (Å²) in [5, 5.41) is 3.69. The van der Waals surface area contributed by atoms with Crippen molar-refractivity contribution >= 4 is 44.2 Å². The Balaban J connectivity index is 1.96. The second-order valence-corrected chi connectivity index (χ2v) is 5.23.